The summed E-state index contributed by atoms with van der Waals surface area (Å²) in [6, 6.07) is 21.5. The number of benzene rings is 2. The van der Waals surface area contributed by atoms with E-state index in [-0.39, 0.29) is 0 Å². The minimum absolute atomic E-state index is 0.638. The molecular formula is C22H32O4P2. The Bertz CT molecular complexity index is 639. The average Bonchev–Trinajstić information content (AvgIpc) is 2.54. The predicted octanol–water partition coefficient (Wildman–Crippen LogP) is 2.67. The number of carboxylic acids is 2. The zero-order chi connectivity index (χ0) is 21.8. The van der Waals surface area contributed by atoms with Gasteiger partial charge in [-0.2, -0.15) is 0 Å². The van der Waals surface area contributed by atoms with Crippen LogP contribution in [0.1, 0.15) is 11.1 Å². The first-order valence-electron chi connectivity index (χ1n) is 8.91. The standard InChI is InChI=1S/2C10H16P.C2H2O4/c2*1-11(2,3)9-10-7-5-4-6-8-10;3-1(4)2(5)6/h2*4-8H,9H2,1-3H3;(H,3,4)(H,5,6)/q2*+1;/p-2. The third-order valence-corrected chi connectivity index (χ3v) is 5.79. The van der Waals surface area contributed by atoms with E-state index in [9.17, 15) is 0 Å². The van der Waals surface area contributed by atoms with Crippen LogP contribution in [0.5, 0.6) is 0 Å². The van der Waals surface area contributed by atoms with Crippen molar-refractivity contribution in [2.75, 3.05) is 40.0 Å². The van der Waals surface area contributed by atoms with Crippen molar-refractivity contribution >= 4 is 26.5 Å². The maximum atomic E-state index is 8.93. The molecule has 0 spiro atoms. The Morgan fingerprint density at radius 1 is 0.607 bits per heavy atom. The van der Waals surface area contributed by atoms with Crippen molar-refractivity contribution in [2.24, 2.45) is 0 Å². The van der Waals surface area contributed by atoms with Gasteiger partial charge in [0, 0.05) is 54.5 Å². The van der Waals surface area contributed by atoms with Crippen molar-refractivity contribution in [1.29, 1.82) is 0 Å². The third kappa shape index (κ3) is 16.4. The second-order valence-electron chi connectivity index (χ2n) is 8.44. The van der Waals surface area contributed by atoms with Crippen LogP contribution in [0.4, 0.5) is 0 Å². The molecule has 0 radical (unpaired) electrons. The Labute approximate surface area is 170 Å². The molecule has 0 aromatic heterocycles. The van der Waals surface area contributed by atoms with Crippen LogP contribution in [-0.2, 0) is 21.9 Å². The van der Waals surface area contributed by atoms with E-state index in [1.54, 1.807) is 0 Å². The third-order valence-electron chi connectivity index (χ3n) is 3.17. The molecular weight excluding hydrogens is 390 g/mol. The van der Waals surface area contributed by atoms with Gasteiger partial charge in [0.1, 0.15) is 0 Å². The van der Waals surface area contributed by atoms with Crippen LogP contribution in [0.25, 0.3) is 0 Å². The van der Waals surface area contributed by atoms with Crippen LogP contribution in [0.15, 0.2) is 60.7 Å². The largest absolute Gasteiger partial charge is 0.543 e. The Morgan fingerprint density at radius 2 is 0.857 bits per heavy atom. The van der Waals surface area contributed by atoms with Gasteiger partial charge < -0.3 is 19.8 Å². The van der Waals surface area contributed by atoms with E-state index in [0.717, 1.165) is 0 Å². The van der Waals surface area contributed by atoms with Gasteiger partial charge in [-0.05, 0) is 11.1 Å². The summed E-state index contributed by atoms with van der Waals surface area (Å²) >= 11 is 0. The minimum atomic E-state index is -2.19. The smallest absolute Gasteiger partial charge is 0.0870 e. The van der Waals surface area contributed by atoms with Gasteiger partial charge in [-0.15, -0.1) is 0 Å². The van der Waals surface area contributed by atoms with E-state index in [2.05, 4.69) is 101 Å². The molecule has 28 heavy (non-hydrogen) atoms. The summed E-state index contributed by atoms with van der Waals surface area (Å²) in [4.78, 5) is 17.9. The number of carboxylic acid groups (broad SMARTS) is 2. The van der Waals surface area contributed by atoms with Crippen LogP contribution >= 0.6 is 14.5 Å². The van der Waals surface area contributed by atoms with Crippen LogP contribution < -0.4 is 10.2 Å². The second-order valence-corrected chi connectivity index (χ2v) is 18.2. The highest BCUT2D eigenvalue weighted by Crippen LogP contribution is 2.50. The van der Waals surface area contributed by atoms with Crippen LogP contribution in [0.2, 0.25) is 0 Å². The molecule has 154 valence electrons. The molecule has 0 saturated carbocycles. The maximum Gasteiger partial charge on any atom is 0.0870 e. The van der Waals surface area contributed by atoms with Crippen molar-refractivity contribution in [3.05, 3.63) is 71.8 Å². The normalized spacial score (nSPS) is 10.6. The van der Waals surface area contributed by atoms with Crippen molar-refractivity contribution in [1.82, 2.24) is 0 Å². The van der Waals surface area contributed by atoms with Crippen molar-refractivity contribution in [3.63, 3.8) is 0 Å². The fourth-order valence-corrected chi connectivity index (χ4v) is 4.87. The van der Waals surface area contributed by atoms with E-state index in [4.69, 9.17) is 19.8 Å². The first-order chi connectivity index (χ1) is 12.8. The quantitative estimate of drug-likeness (QED) is 0.561. The fraction of sp³-hybridized carbons (Fsp3) is 0.364. The second kappa shape index (κ2) is 12.6. The van der Waals surface area contributed by atoms with E-state index in [1.165, 1.54) is 23.5 Å². The molecule has 4 nitrogen and oxygen atoms in total. The van der Waals surface area contributed by atoms with Crippen LogP contribution in [0.3, 0.4) is 0 Å². The lowest BCUT2D eigenvalue weighted by Gasteiger charge is -2.10. The Hall–Kier alpha value is -1.76. The number of carbonyl (C=O) groups is 2. The molecule has 0 unspecified atom stereocenters. The summed E-state index contributed by atoms with van der Waals surface area (Å²) in [6.45, 7) is 14.2. The topological polar surface area (TPSA) is 80.3 Å². The summed E-state index contributed by atoms with van der Waals surface area (Å²) < 4.78 is 0. The summed E-state index contributed by atoms with van der Waals surface area (Å²) in [5.41, 5.74) is 2.96. The molecule has 2 aromatic rings. The van der Waals surface area contributed by atoms with Gasteiger partial charge in [-0.3, -0.25) is 0 Å². The highest BCUT2D eigenvalue weighted by atomic mass is 31.2. The molecule has 0 aliphatic heterocycles. The molecule has 2 rings (SSSR count). The predicted molar refractivity (Wildman–Crippen MR) is 120 cm³/mol. The molecule has 0 saturated heterocycles. The first kappa shape index (κ1) is 26.2. The molecule has 0 N–H and O–H groups in total. The van der Waals surface area contributed by atoms with E-state index < -0.39 is 26.5 Å². The lowest BCUT2D eigenvalue weighted by atomic mass is 10.2. The molecule has 0 amide bonds. The van der Waals surface area contributed by atoms with E-state index in [0.29, 0.717) is 0 Å². The molecule has 0 aliphatic carbocycles. The van der Waals surface area contributed by atoms with Crippen molar-refractivity contribution in [3.8, 4) is 0 Å². The van der Waals surface area contributed by atoms with Gasteiger partial charge >= 0.3 is 0 Å². The maximum absolute atomic E-state index is 8.93. The number of rotatable bonds is 4. The number of aliphatic carboxylic acids is 2. The molecule has 0 heterocycles. The van der Waals surface area contributed by atoms with Crippen molar-refractivity contribution < 1.29 is 19.8 Å². The Morgan fingerprint density at radius 3 is 1.04 bits per heavy atom. The van der Waals surface area contributed by atoms with Crippen LogP contribution in [-0.4, -0.2) is 51.9 Å². The van der Waals surface area contributed by atoms with Gasteiger partial charge in [-0.25, -0.2) is 0 Å². The van der Waals surface area contributed by atoms with Gasteiger partial charge in [0.05, 0.1) is 24.3 Å². The van der Waals surface area contributed by atoms with Gasteiger partial charge in [0.15, 0.2) is 0 Å². The van der Waals surface area contributed by atoms with Crippen LogP contribution in [0, 0.1) is 0 Å². The summed E-state index contributed by atoms with van der Waals surface area (Å²) in [5, 5.41) is 17.9. The number of hydrogen-bond donors (Lipinski definition) is 0. The lowest BCUT2D eigenvalue weighted by Crippen LogP contribution is -2.42. The fourth-order valence-electron chi connectivity index (χ4n) is 2.26. The minimum Gasteiger partial charge on any atom is -0.543 e. The zero-order valence-corrected chi connectivity index (χ0v) is 19.5. The van der Waals surface area contributed by atoms with E-state index >= 15 is 0 Å². The molecule has 0 atom stereocenters. The molecule has 6 heteroatoms. The highest BCUT2D eigenvalue weighted by molar-refractivity contribution is 7.73. The number of carbonyl (C=O) groups excluding carboxylic acids is 2. The summed E-state index contributed by atoms with van der Waals surface area (Å²) in [6.07, 6.45) is 2.54. The molecule has 0 bridgehead atoms. The Kier molecular flexibility index (Phi) is 11.9. The van der Waals surface area contributed by atoms with Gasteiger partial charge in [-0.1, -0.05) is 60.7 Å². The SMILES string of the molecule is C[P+](C)(C)Cc1ccccc1.C[P+](C)(C)Cc1ccccc1.O=C([O-])C(=O)[O-]. The first-order valence-corrected chi connectivity index (χ1v) is 15.5. The molecule has 2 aromatic carbocycles. The van der Waals surface area contributed by atoms with Gasteiger partial charge in [0.2, 0.25) is 0 Å². The molecule has 0 fully saturated rings. The van der Waals surface area contributed by atoms with Gasteiger partial charge in [0.25, 0.3) is 0 Å². The average molecular weight is 422 g/mol. The highest BCUT2D eigenvalue weighted by Gasteiger charge is 2.17. The summed E-state index contributed by atoms with van der Waals surface area (Å²) in [7, 11) is -1.28. The van der Waals surface area contributed by atoms with Crippen molar-refractivity contribution in [2.45, 2.75) is 12.3 Å². The molecule has 0 aliphatic rings. The monoisotopic (exact) mass is 422 g/mol. The summed E-state index contributed by atoms with van der Waals surface area (Å²) in [5.74, 6) is -4.37. The van der Waals surface area contributed by atoms with E-state index in [1.807, 2.05) is 0 Å². The zero-order valence-electron chi connectivity index (χ0n) is 17.7. The lowest BCUT2D eigenvalue weighted by molar-refractivity contribution is -0.345. The number of hydrogen-bond acceptors (Lipinski definition) is 4. The Balaban J connectivity index is 0.000000411.